The monoisotopic (exact) mass is 588 g/mol. The molecule has 0 bridgehead atoms. The Morgan fingerprint density at radius 3 is 2.16 bits per heavy atom. The molecular weight excluding hydrogens is 544 g/mol. The number of ether oxygens (including phenoxy) is 2. The summed E-state index contributed by atoms with van der Waals surface area (Å²) in [6.07, 6.45) is 14.6. The Morgan fingerprint density at radius 2 is 1.53 bits per heavy atom. The number of rotatable bonds is 13. The van der Waals surface area contributed by atoms with Gasteiger partial charge in [0.05, 0.1) is 16.7 Å². The summed E-state index contributed by atoms with van der Waals surface area (Å²) in [5.74, 6) is -2.51. The molecule has 2 aromatic carbocycles. The summed E-state index contributed by atoms with van der Waals surface area (Å²) >= 11 is 0. The highest BCUT2D eigenvalue weighted by atomic mass is 16.5. The molecule has 0 saturated heterocycles. The maximum Gasteiger partial charge on any atom is 0.344 e. The van der Waals surface area contributed by atoms with Crippen LogP contribution in [0.25, 0.3) is 0 Å². The van der Waals surface area contributed by atoms with Gasteiger partial charge in [-0.2, -0.15) is 0 Å². The van der Waals surface area contributed by atoms with E-state index in [2.05, 4.69) is 52.8 Å². The van der Waals surface area contributed by atoms with Crippen LogP contribution < -0.4 is 9.47 Å². The molecule has 7 heteroatoms. The summed E-state index contributed by atoms with van der Waals surface area (Å²) in [6, 6.07) is 6.68. The lowest BCUT2D eigenvalue weighted by molar-refractivity contribution is 0.0557. The van der Waals surface area contributed by atoms with Gasteiger partial charge in [0.2, 0.25) is 0 Å². The van der Waals surface area contributed by atoms with E-state index in [1.807, 2.05) is 6.92 Å². The number of hydrogen-bond acceptors (Lipinski definition) is 5. The highest BCUT2D eigenvalue weighted by Crippen LogP contribution is 2.40. The summed E-state index contributed by atoms with van der Waals surface area (Å²) in [6.45, 7) is 12.7. The van der Waals surface area contributed by atoms with Crippen molar-refractivity contribution in [1.82, 2.24) is 0 Å². The smallest absolute Gasteiger partial charge is 0.344 e. The van der Waals surface area contributed by atoms with Crippen LogP contribution in [-0.2, 0) is 6.42 Å². The molecule has 1 heterocycles. The van der Waals surface area contributed by atoms with Crippen molar-refractivity contribution in [2.75, 3.05) is 0 Å². The molecule has 2 N–H and O–H groups in total. The maximum absolute atomic E-state index is 12.9. The zero-order chi connectivity index (χ0) is 31.7. The van der Waals surface area contributed by atoms with Crippen molar-refractivity contribution in [3.05, 3.63) is 93.1 Å². The summed E-state index contributed by atoms with van der Waals surface area (Å²) in [4.78, 5) is 35.9. The lowest BCUT2D eigenvalue weighted by Gasteiger charge is -2.37. The molecule has 0 spiro atoms. The maximum atomic E-state index is 12.9. The lowest BCUT2D eigenvalue weighted by Crippen LogP contribution is -2.36. The minimum atomic E-state index is -1.35. The third-order valence-corrected chi connectivity index (χ3v) is 7.81. The van der Waals surface area contributed by atoms with Crippen molar-refractivity contribution >= 4 is 17.9 Å². The standard InChI is InChI=1S/C36H44O7/c1-23(2)10-7-11-24(3)12-8-13-25(4)14-9-18-36(6)19-17-27-21-29(20-26(5)32(27)43-36)42-35(41)31-22-28(33(37)38)15-16-30(31)34(39)40/h10,12,14-16,20-22H,7-9,11,13,17-19H2,1-6H3,(H,37,38)(H,39,40). The number of carboxylic acids is 2. The molecule has 1 unspecified atom stereocenters. The number of carbonyl (C=O) groups is 3. The van der Waals surface area contributed by atoms with Crippen LogP contribution in [0.5, 0.6) is 11.5 Å². The minimum absolute atomic E-state index is 0.200. The van der Waals surface area contributed by atoms with E-state index in [0.29, 0.717) is 0 Å². The van der Waals surface area contributed by atoms with Crippen molar-refractivity contribution in [3.8, 4) is 11.5 Å². The number of hydrogen-bond donors (Lipinski definition) is 2. The van der Waals surface area contributed by atoms with Gasteiger partial charge in [0, 0.05) is 0 Å². The van der Waals surface area contributed by atoms with Gasteiger partial charge < -0.3 is 19.7 Å². The first-order chi connectivity index (χ1) is 20.3. The summed E-state index contributed by atoms with van der Waals surface area (Å²) in [5.41, 5.74) is 4.75. The fourth-order valence-corrected chi connectivity index (χ4v) is 5.23. The number of esters is 1. The van der Waals surface area contributed by atoms with Gasteiger partial charge in [-0.25, -0.2) is 14.4 Å². The number of carboxylic acid groups (broad SMARTS) is 2. The summed E-state index contributed by atoms with van der Waals surface area (Å²) in [7, 11) is 0. The molecule has 3 rings (SSSR count). The number of aryl methyl sites for hydroxylation is 2. The highest BCUT2D eigenvalue weighted by Gasteiger charge is 2.32. The summed E-state index contributed by atoms with van der Waals surface area (Å²) < 4.78 is 12.0. The number of allylic oxidation sites excluding steroid dienone is 6. The Kier molecular flexibility index (Phi) is 11.5. The Labute approximate surface area is 254 Å². The van der Waals surface area contributed by atoms with Gasteiger partial charge in [0.15, 0.2) is 0 Å². The van der Waals surface area contributed by atoms with Gasteiger partial charge in [-0.3, -0.25) is 0 Å². The average molecular weight is 589 g/mol. The third-order valence-electron chi connectivity index (χ3n) is 7.81. The molecule has 0 aliphatic carbocycles. The molecule has 1 aliphatic heterocycles. The second-order valence-electron chi connectivity index (χ2n) is 12.0. The van der Waals surface area contributed by atoms with Crippen molar-refractivity contribution < 1.29 is 34.1 Å². The van der Waals surface area contributed by atoms with E-state index in [1.54, 1.807) is 12.1 Å². The number of aromatic carboxylic acids is 2. The Morgan fingerprint density at radius 1 is 0.884 bits per heavy atom. The van der Waals surface area contributed by atoms with Gasteiger partial charge in [-0.15, -0.1) is 0 Å². The van der Waals surface area contributed by atoms with Crippen LogP contribution in [0.15, 0.2) is 65.3 Å². The normalized spacial score (nSPS) is 16.6. The second kappa shape index (κ2) is 14.9. The molecule has 43 heavy (non-hydrogen) atoms. The Bertz CT molecular complexity index is 1460. The first kappa shape index (κ1) is 33.4. The molecule has 7 nitrogen and oxygen atoms in total. The number of benzene rings is 2. The van der Waals surface area contributed by atoms with Gasteiger partial charge in [-0.1, -0.05) is 34.9 Å². The molecule has 0 radical (unpaired) electrons. The minimum Gasteiger partial charge on any atom is -0.487 e. The van der Waals surface area contributed by atoms with Crippen LogP contribution in [0.3, 0.4) is 0 Å². The lowest BCUT2D eigenvalue weighted by atomic mass is 9.87. The molecule has 0 aromatic heterocycles. The van der Waals surface area contributed by atoms with E-state index >= 15 is 0 Å². The van der Waals surface area contributed by atoms with Crippen LogP contribution >= 0.6 is 0 Å². The average Bonchev–Trinajstić information content (AvgIpc) is 2.93. The van der Waals surface area contributed by atoms with E-state index in [1.165, 1.54) is 16.7 Å². The fraction of sp³-hybridized carbons (Fsp3) is 0.417. The topological polar surface area (TPSA) is 110 Å². The van der Waals surface area contributed by atoms with E-state index < -0.39 is 17.9 Å². The van der Waals surface area contributed by atoms with Gasteiger partial charge >= 0.3 is 17.9 Å². The van der Waals surface area contributed by atoms with Crippen LogP contribution in [0, 0.1) is 6.92 Å². The quantitative estimate of drug-likeness (QED) is 0.137. The molecule has 1 aliphatic rings. The SMILES string of the molecule is CC(C)=CCCC(C)=CCCC(C)=CCCC1(C)CCc2cc(OC(=O)c3cc(C(=O)O)ccc3C(=O)O)cc(C)c2O1. The van der Waals surface area contributed by atoms with Crippen molar-refractivity contribution in [1.29, 1.82) is 0 Å². The van der Waals surface area contributed by atoms with E-state index in [0.717, 1.165) is 86.4 Å². The predicted molar refractivity (Wildman–Crippen MR) is 168 cm³/mol. The summed E-state index contributed by atoms with van der Waals surface area (Å²) in [5, 5.41) is 18.7. The largest absolute Gasteiger partial charge is 0.487 e. The van der Waals surface area contributed by atoms with Gasteiger partial charge in [-0.05, 0) is 134 Å². The fourth-order valence-electron chi connectivity index (χ4n) is 5.23. The van der Waals surface area contributed by atoms with Crippen molar-refractivity contribution in [2.45, 2.75) is 98.5 Å². The van der Waals surface area contributed by atoms with Crippen molar-refractivity contribution in [2.24, 2.45) is 0 Å². The molecule has 1 atom stereocenters. The molecule has 0 saturated carbocycles. The molecule has 0 fully saturated rings. The van der Waals surface area contributed by atoms with Crippen LogP contribution in [0.2, 0.25) is 0 Å². The first-order valence-electron chi connectivity index (χ1n) is 14.9. The zero-order valence-electron chi connectivity index (χ0n) is 26.2. The van der Waals surface area contributed by atoms with Crippen molar-refractivity contribution in [3.63, 3.8) is 0 Å². The molecule has 0 amide bonds. The second-order valence-corrected chi connectivity index (χ2v) is 12.0. The molecular formula is C36H44O7. The van der Waals surface area contributed by atoms with E-state index in [-0.39, 0.29) is 28.0 Å². The zero-order valence-corrected chi connectivity index (χ0v) is 26.2. The number of fused-ring (bicyclic) bond motifs is 1. The van der Waals surface area contributed by atoms with Crippen LogP contribution in [0.1, 0.15) is 122 Å². The van der Waals surface area contributed by atoms with E-state index in [9.17, 15) is 24.6 Å². The van der Waals surface area contributed by atoms with Crippen LogP contribution in [-0.4, -0.2) is 33.7 Å². The Balaban J connectivity index is 1.61. The molecule has 2 aromatic rings. The number of carbonyl (C=O) groups excluding carboxylic acids is 1. The van der Waals surface area contributed by atoms with E-state index in [4.69, 9.17) is 9.47 Å². The highest BCUT2D eigenvalue weighted by molar-refractivity contribution is 6.05. The molecule has 230 valence electrons. The van der Waals surface area contributed by atoms with Gasteiger partial charge in [0.25, 0.3) is 0 Å². The predicted octanol–water partition coefficient (Wildman–Crippen LogP) is 8.89. The third kappa shape index (κ3) is 9.70. The first-order valence-corrected chi connectivity index (χ1v) is 14.9. The van der Waals surface area contributed by atoms with Gasteiger partial charge in [0.1, 0.15) is 17.1 Å². The Hall–Kier alpha value is -4.13. The van der Waals surface area contributed by atoms with Crippen LogP contribution in [0.4, 0.5) is 0 Å².